The Kier molecular flexibility index (Phi) is 6.68. The normalized spacial score (nSPS) is 15.0. The molecule has 5 nitrogen and oxygen atoms in total. The Morgan fingerprint density at radius 3 is 2.62 bits per heavy atom. The average molecular weight is 472 g/mol. The topological polar surface area (TPSA) is 55.8 Å². The lowest BCUT2D eigenvalue weighted by molar-refractivity contribution is -0.122. The number of nitrogens with zero attached hydrogens (tertiary/aromatic N) is 1. The van der Waals surface area contributed by atoms with Crippen LogP contribution >= 0.6 is 27.7 Å². The largest absolute Gasteiger partial charge is 0.493 e. The fourth-order valence-electron chi connectivity index (χ4n) is 2.68. The molecule has 29 heavy (non-hydrogen) atoms. The first kappa shape index (κ1) is 21.0. The van der Waals surface area contributed by atoms with Gasteiger partial charge in [0.2, 0.25) is 0 Å². The molecule has 0 atom stereocenters. The zero-order chi connectivity index (χ0) is 21.0. The van der Waals surface area contributed by atoms with E-state index in [-0.39, 0.29) is 11.8 Å². The molecule has 148 valence electrons. The van der Waals surface area contributed by atoms with E-state index >= 15 is 0 Å². The highest BCUT2D eigenvalue weighted by molar-refractivity contribution is 9.10. The van der Waals surface area contributed by atoms with Gasteiger partial charge in [-0.1, -0.05) is 35.7 Å². The monoisotopic (exact) mass is 471 g/mol. The molecule has 1 saturated heterocycles. The number of carbonyl (C=O) groups is 2. The Hall–Kier alpha value is -2.69. The van der Waals surface area contributed by atoms with Crippen LogP contribution in [0.4, 0.5) is 4.79 Å². The zero-order valence-electron chi connectivity index (χ0n) is 15.9. The van der Waals surface area contributed by atoms with Crippen LogP contribution in [0, 0.1) is 19.3 Å². The molecule has 3 rings (SSSR count). The molecular weight excluding hydrogens is 454 g/mol. The molecule has 7 heteroatoms. The minimum Gasteiger partial charge on any atom is -0.493 e. The van der Waals surface area contributed by atoms with Crippen molar-refractivity contribution in [3.63, 3.8) is 0 Å². The Bertz CT molecular complexity index is 1020. The van der Waals surface area contributed by atoms with Crippen molar-refractivity contribution in [3.05, 3.63) is 62.5 Å². The summed E-state index contributed by atoms with van der Waals surface area (Å²) in [6, 6.07) is 11.6. The molecular formula is C22H18BrNO4S. The van der Waals surface area contributed by atoms with Gasteiger partial charge in [-0.15, -0.1) is 6.42 Å². The van der Waals surface area contributed by atoms with E-state index in [9.17, 15) is 9.59 Å². The molecule has 0 spiro atoms. The Balaban J connectivity index is 1.83. The molecule has 0 bridgehead atoms. The number of aryl methyl sites for hydroxylation is 1. The molecule has 0 N–H and O–H groups in total. The smallest absolute Gasteiger partial charge is 0.294 e. The predicted molar refractivity (Wildman–Crippen MR) is 118 cm³/mol. The number of halogens is 1. The van der Waals surface area contributed by atoms with Crippen LogP contribution in [0.15, 0.2) is 45.8 Å². The summed E-state index contributed by atoms with van der Waals surface area (Å²) in [6.45, 7) is 2.38. The number of carbonyl (C=O) groups excluding carboxylic acids is 2. The fraction of sp³-hybridized carbons (Fsp3) is 0.182. The molecule has 2 aromatic rings. The number of hydrogen-bond donors (Lipinski definition) is 0. The lowest BCUT2D eigenvalue weighted by Crippen LogP contribution is -2.28. The van der Waals surface area contributed by atoms with Crippen LogP contribution in [0.1, 0.15) is 16.7 Å². The first-order valence-corrected chi connectivity index (χ1v) is 10.3. The highest BCUT2D eigenvalue weighted by atomic mass is 79.9. The van der Waals surface area contributed by atoms with E-state index in [2.05, 4.69) is 21.9 Å². The van der Waals surface area contributed by atoms with Crippen LogP contribution in [-0.2, 0) is 11.4 Å². The van der Waals surface area contributed by atoms with Crippen LogP contribution in [0.3, 0.4) is 0 Å². The van der Waals surface area contributed by atoms with E-state index in [1.165, 1.54) is 5.56 Å². The summed E-state index contributed by atoms with van der Waals surface area (Å²) in [6.07, 6.45) is 6.86. The molecule has 2 aromatic carbocycles. The van der Waals surface area contributed by atoms with Gasteiger partial charge in [0.25, 0.3) is 11.1 Å². The standard InChI is InChI=1S/C22H18BrNO4S/c1-4-9-24-21(25)19(29-22(24)26)12-16-10-17(23)20(18(11-16)27-3)28-13-15-7-5-14(2)6-8-15/h1,5-8,10-12H,9,13H2,2-3H3/b19-12-. The molecule has 1 heterocycles. The molecule has 1 aliphatic heterocycles. The van der Waals surface area contributed by atoms with E-state index in [0.29, 0.717) is 33.0 Å². The predicted octanol–water partition coefficient (Wildman–Crippen LogP) is 5.01. The van der Waals surface area contributed by atoms with Gasteiger partial charge in [-0.05, 0) is 64.0 Å². The lowest BCUT2D eigenvalue weighted by Gasteiger charge is -2.14. The zero-order valence-corrected chi connectivity index (χ0v) is 18.3. The second-order valence-electron chi connectivity index (χ2n) is 6.28. The van der Waals surface area contributed by atoms with E-state index in [4.69, 9.17) is 15.9 Å². The summed E-state index contributed by atoms with van der Waals surface area (Å²) < 4.78 is 12.1. The maximum atomic E-state index is 12.4. The van der Waals surface area contributed by atoms with Gasteiger partial charge < -0.3 is 9.47 Å². The third-order valence-corrected chi connectivity index (χ3v) is 5.67. The number of ether oxygens (including phenoxy) is 2. The second kappa shape index (κ2) is 9.21. The summed E-state index contributed by atoms with van der Waals surface area (Å²) in [5.41, 5.74) is 2.92. The number of imide groups is 1. The summed E-state index contributed by atoms with van der Waals surface area (Å²) in [4.78, 5) is 25.6. The van der Waals surface area contributed by atoms with Crippen molar-refractivity contribution in [2.45, 2.75) is 13.5 Å². The number of hydrogen-bond acceptors (Lipinski definition) is 5. The second-order valence-corrected chi connectivity index (χ2v) is 8.13. The summed E-state index contributed by atoms with van der Waals surface area (Å²) >= 11 is 4.37. The first-order valence-electron chi connectivity index (χ1n) is 8.67. The highest BCUT2D eigenvalue weighted by Gasteiger charge is 2.34. The first-order chi connectivity index (χ1) is 13.9. The number of amides is 2. The van der Waals surface area contributed by atoms with Crippen molar-refractivity contribution < 1.29 is 19.1 Å². The molecule has 2 amide bonds. The Morgan fingerprint density at radius 1 is 1.24 bits per heavy atom. The molecule has 1 fully saturated rings. The van der Waals surface area contributed by atoms with Crippen molar-refractivity contribution in [1.82, 2.24) is 4.90 Å². The van der Waals surface area contributed by atoms with Crippen molar-refractivity contribution in [2.24, 2.45) is 0 Å². The van der Waals surface area contributed by atoms with Crippen molar-refractivity contribution in [2.75, 3.05) is 13.7 Å². The number of thioether (sulfide) groups is 1. The number of benzene rings is 2. The van der Waals surface area contributed by atoms with Gasteiger partial charge in [0.05, 0.1) is 23.0 Å². The number of methoxy groups -OCH3 is 1. The third-order valence-electron chi connectivity index (χ3n) is 4.18. The van der Waals surface area contributed by atoms with E-state index in [0.717, 1.165) is 22.2 Å². The fourth-order valence-corrected chi connectivity index (χ4v) is 4.09. The molecule has 0 aliphatic carbocycles. The van der Waals surface area contributed by atoms with Gasteiger partial charge in [0.15, 0.2) is 11.5 Å². The molecule has 0 saturated carbocycles. The maximum Gasteiger partial charge on any atom is 0.294 e. The highest BCUT2D eigenvalue weighted by Crippen LogP contribution is 2.39. The third kappa shape index (κ3) is 4.84. The summed E-state index contributed by atoms with van der Waals surface area (Å²) in [5, 5.41) is -0.372. The minimum absolute atomic E-state index is 0.0409. The summed E-state index contributed by atoms with van der Waals surface area (Å²) in [5.74, 6) is 3.00. The molecule has 1 aliphatic rings. The van der Waals surface area contributed by atoms with Gasteiger partial charge in [-0.3, -0.25) is 14.5 Å². The average Bonchev–Trinajstić information content (AvgIpc) is 2.96. The van der Waals surface area contributed by atoms with Gasteiger partial charge >= 0.3 is 0 Å². The quantitative estimate of drug-likeness (QED) is 0.437. The number of rotatable bonds is 6. The van der Waals surface area contributed by atoms with Crippen LogP contribution in [-0.4, -0.2) is 29.7 Å². The SMILES string of the molecule is C#CCN1C(=O)S/C(=C\c2cc(Br)c(OCc3ccc(C)cc3)c(OC)c2)C1=O. The minimum atomic E-state index is -0.396. The van der Waals surface area contributed by atoms with E-state index in [1.807, 2.05) is 37.3 Å². The Morgan fingerprint density at radius 2 is 1.97 bits per heavy atom. The van der Waals surface area contributed by atoms with Crippen LogP contribution < -0.4 is 9.47 Å². The van der Waals surface area contributed by atoms with Crippen LogP contribution in [0.25, 0.3) is 6.08 Å². The molecule has 0 radical (unpaired) electrons. The van der Waals surface area contributed by atoms with Gasteiger partial charge in [-0.25, -0.2) is 0 Å². The molecule has 0 aromatic heterocycles. The van der Waals surface area contributed by atoms with Crippen LogP contribution in [0.2, 0.25) is 0 Å². The van der Waals surface area contributed by atoms with Crippen LogP contribution in [0.5, 0.6) is 11.5 Å². The van der Waals surface area contributed by atoms with E-state index in [1.54, 1.807) is 19.3 Å². The lowest BCUT2D eigenvalue weighted by atomic mass is 10.1. The van der Waals surface area contributed by atoms with Crippen molar-refractivity contribution in [3.8, 4) is 23.8 Å². The van der Waals surface area contributed by atoms with E-state index < -0.39 is 5.91 Å². The van der Waals surface area contributed by atoms with Crippen molar-refractivity contribution in [1.29, 1.82) is 0 Å². The van der Waals surface area contributed by atoms with Gasteiger partial charge in [0.1, 0.15) is 6.61 Å². The van der Waals surface area contributed by atoms with Gasteiger partial charge in [-0.2, -0.15) is 0 Å². The molecule has 0 unspecified atom stereocenters. The Labute approximate surface area is 182 Å². The maximum absolute atomic E-state index is 12.4. The summed E-state index contributed by atoms with van der Waals surface area (Å²) in [7, 11) is 1.55. The number of terminal acetylenes is 1. The van der Waals surface area contributed by atoms with Gasteiger partial charge in [0, 0.05) is 0 Å². The van der Waals surface area contributed by atoms with Crippen molar-refractivity contribution >= 4 is 44.9 Å².